The van der Waals surface area contributed by atoms with E-state index < -0.39 is 37.7 Å². The summed E-state index contributed by atoms with van der Waals surface area (Å²) in [6, 6.07) is 8.25. The first-order valence-electron chi connectivity index (χ1n) is 7.59. The first kappa shape index (κ1) is 21.2. The zero-order valence-corrected chi connectivity index (χ0v) is 15.4. The standard InChI is InChI=1S/C16H15F3N4O4S/c1-23(2)11-6-3-5-10(9-11)13(24)21-22-14(25)12-7-4-8-20-15(12)28(26,27)16(17,18)19/h3-9H,1-2H3,(H,21,24)(H,22,25). The van der Waals surface area contributed by atoms with Gasteiger partial charge in [-0.05, 0) is 30.3 Å². The summed E-state index contributed by atoms with van der Waals surface area (Å²) in [6.07, 6.45) is 0.806. The van der Waals surface area contributed by atoms with Gasteiger partial charge in [-0.3, -0.25) is 20.4 Å². The molecular weight excluding hydrogens is 401 g/mol. The lowest BCUT2D eigenvalue weighted by Crippen LogP contribution is -2.42. The molecule has 0 unspecified atom stereocenters. The number of halogens is 3. The molecule has 150 valence electrons. The third kappa shape index (κ3) is 4.39. The van der Waals surface area contributed by atoms with Gasteiger partial charge < -0.3 is 4.90 Å². The molecule has 12 heteroatoms. The Kier molecular flexibility index (Phi) is 5.92. The number of rotatable bonds is 4. The van der Waals surface area contributed by atoms with Gasteiger partial charge in [-0.2, -0.15) is 13.2 Å². The van der Waals surface area contributed by atoms with E-state index in [1.165, 1.54) is 12.1 Å². The third-order valence-electron chi connectivity index (χ3n) is 3.49. The van der Waals surface area contributed by atoms with Gasteiger partial charge >= 0.3 is 5.51 Å². The van der Waals surface area contributed by atoms with Gasteiger partial charge in [0, 0.05) is 31.5 Å². The van der Waals surface area contributed by atoms with Crippen LogP contribution in [0.3, 0.4) is 0 Å². The number of anilines is 1. The maximum atomic E-state index is 12.8. The van der Waals surface area contributed by atoms with Crippen molar-refractivity contribution in [3.05, 3.63) is 53.7 Å². The molecule has 8 nitrogen and oxygen atoms in total. The Hall–Kier alpha value is -3.15. The predicted octanol–water partition coefficient (Wildman–Crippen LogP) is 1.52. The number of alkyl halides is 3. The van der Waals surface area contributed by atoms with E-state index in [9.17, 15) is 31.2 Å². The molecule has 28 heavy (non-hydrogen) atoms. The highest BCUT2D eigenvalue weighted by Gasteiger charge is 2.49. The number of hydrazine groups is 1. The maximum absolute atomic E-state index is 12.8. The molecular formula is C16H15F3N4O4S. The Morgan fingerprint density at radius 2 is 1.68 bits per heavy atom. The number of aromatic nitrogens is 1. The fraction of sp³-hybridized carbons (Fsp3) is 0.188. The van der Waals surface area contributed by atoms with Crippen molar-refractivity contribution < 1.29 is 31.2 Å². The quantitative estimate of drug-likeness (QED) is 0.732. The van der Waals surface area contributed by atoms with E-state index >= 15 is 0 Å². The van der Waals surface area contributed by atoms with Gasteiger partial charge in [0.2, 0.25) is 0 Å². The number of amides is 2. The number of pyridine rings is 1. The summed E-state index contributed by atoms with van der Waals surface area (Å²) in [5.74, 6) is -2.02. The second-order valence-corrected chi connectivity index (χ2v) is 7.51. The lowest BCUT2D eigenvalue weighted by atomic mass is 10.2. The number of carbonyl (C=O) groups is 2. The largest absolute Gasteiger partial charge is 0.503 e. The van der Waals surface area contributed by atoms with Crippen LogP contribution in [0.2, 0.25) is 0 Å². The minimum absolute atomic E-state index is 0.167. The monoisotopic (exact) mass is 416 g/mol. The SMILES string of the molecule is CN(C)c1cccc(C(=O)NNC(=O)c2cccnc2S(=O)(=O)C(F)(F)F)c1. The first-order valence-corrected chi connectivity index (χ1v) is 9.08. The molecule has 0 saturated carbocycles. The summed E-state index contributed by atoms with van der Waals surface area (Å²) in [7, 11) is -2.34. The van der Waals surface area contributed by atoms with E-state index in [0.717, 1.165) is 18.3 Å². The van der Waals surface area contributed by atoms with E-state index in [1.54, 1.807) is 31.1 Å². The molecule has 0 saturated heterocycles. The van der Waals surface area contributed by atoms with Crippen LogP contribution < -0.4 is 15.8 Å². The van der Waals surface area contributed by atoms with Crippen LogP contribution >= 0.6 is 0 Å². The Morgan fingerprint density at radius 3 is 2.29 bits per heavy atom. The van der Waals surface area contributed by atoms with Crippen molar-refractivity contribution in [2.24, 2.45) is 0 Å². The van der Waals surface area contributed by atoms with Crippen LogP contribution in [0.4, 0.5) is 18.9 Å². The van der Waals surface area contributed by atoms with Crippen LogP contribution in [-0.2, 0) is 9.84 Å². The highest BCUT2D eigenvalue weighted by Crippen LogP contribution is 2.30. The van der Waals surface area contributed by atoms with Crippen LogP contribution in [0.15, 0.2) is 47.6 Å². The molecule has 2 aromatic rings. The Bertz CT molecular complexity index is 1010. The summed E-state index contributed by atoms with van der Waals surface area (Å²) in [4.78, 5) is 29.2. The normalized spacial score (nSPS) is 11.6. The van der Waals surface area contributed by atoms with Crippen LogP contribution in [0, 0.1) is 0 Å². The van der Waals surface area contributed by atoms with Crippen LogP contribution in [0.5, 0.6) is 0 Å². The maximum Gasteiger partial charge on any atom is 0.503 e. The van der Waals surface area contributed by atoms with Crippen LogP contribution in [0.1, 0.15) is 20.7 Å². The van der Waals surface area contributed by atoms with Crippen molar-refractivity contribution in [2.45, 2.75) is 10.5 Å². The van der Waals surface area contributed by atoms with E-state index in [-0.39, 0.29) is 5.56 Å². The van der Waals surface area contributed by atoms with E-state index in [1.807, 2.05) is 10.9 Å². The lowest BCUT2D eigenvalue weighted by molar-refractivity contribution is -0.0438. The zero-order valence-electron chi connectivity index (χ0n) is 14.6. The Morgan fingerprint density at radius 1 is 1.04 bits per heavy atom. The highest BCUT2D eigenvalue weighted by atomic mass is 32.2. The van der Waals surface area contributed by atoms with Crippen molar-refractivity contribution in [3.63, 3.8) is 0 Å². The van der Waals surface area contributed by atoms with Gasteiger partial charge in [0.25, 0.3) is 21.7 Å². The average Bonchev–Trinajstić information content (AvgIpc) is 2.65. The molecule has 0 aliphatic carbocycles. The summed E-state index contributed by atoms with van der Waals surface area (Å²) >= 11 is 0. The molecule has 0 radical (unpaired) electrons. The fourth-order valence-electron chi connectivity index (χ4n) is 2.07. The number of carbonyl (C=O) groups excluding carboxylic acids is 2. The van der Waals surface area contributed by atoms with Gasteiger partial charge in [-0.1, -0.05) is 6.07 Å². The molecule has 2 N–H and O–H groups in total. The number of nitrogens with zero attached hydrogens (tertiary/aromatic N) is 2. The van der Waals surface area contributed by atoms with Crippen molar-refractivity contribution >= 4 is 27.3 Å². The Labute approximate surface area is 158 Å². The molecule has 1 aromatic heterocycles. The smallest absolute Gasteiger partial charge is 0.378 e. The van der Waals surface area contributed by atoms with Gasteiger partial charge in [-0.15, -0.1) is 0 Å². The molecule has 0 bridgehead atoms. The molecule has 1 aromatic carbocycles. The summed E-state index contributed by atoms with van der Waals surface area (Å²) in [5, 5.41) is -1.45. The van der Waals surface area contributed by atoms with E-state index in [2.05, 4.69) is 4.98 Å². The van der Waals surface area contributed by atoms with Crippen LogP contribution in [0.25, 0.3) is 0 Å². The number of benzene rings is 1. The van der Waals surface area contributed by atoms with Gasteiger partial charge in [0.1, 0.15) is 0 Å². The minimum Gasteiger partial charge on any atom is -0.378 e. The van der Waals surface area contributed by atoms with Gasteiger partial charge in [-0.25, -0.2) is 13.4 Å². The number of hydrogen-bond donors (Lipinski definition) is 2. The predicted molar refractivity (Wildman–Crippen MR) is 93.2 cm³/mol. The molecule has 0 spiro atoms. The van der Waals surface area contributed by atoms with Crippen molar-refractivity contribution in [1.82, 2.24) is 15.8 Å². The second-order valence-electron chi connectivity index (χ2n) is 5.66. The molecule has 0 atom stereocenters. The Balaban J connectivity index is 2.21. The fourth-order valence-corrected chi connectivity index (χ4v) is 2.93. The summed E-state index contributed by atoms with van der Waals surface area (Å²) in [5.41, 5.74) is -1.72. The van der Waals surface area contributed by atoms with Crippen molar-refractivity contribution in [1.29, 1.82) is 0 Å². The van der Waals surface area contributed by atoms with Gasteiger partial charge in [0.15, 0.2) is 5.03 Å². The lowest BCUT2D eigenvalue weighted by Gasteiger charge is -2.14. The molecule has 2 rings (SSSR count). The highest BCUT2D eigenvalue weighted by molar-refractivity contribution is 7.92. The molecule has 2 amide bonds. The second kappa shape index (κ2) is 7.84. The van der Waals surface area contributed by atoms with Crippen molar-refractivity contribution in [3.8, 4) is 0 Å². The van der Waals surface area contributed by atoms with Crippen LogP contribution in [-0.4, -0.2) is 44.8 Å². The zero-order chi connectivity index (χ0) is 21.1. The number of nitrogens with one attached hydrogen (secondary N) is 2. The molecule has 0 aliphatic heterocycles. The topological polar surface area (TPSA) is 108 Å². The first-order chi connectivity index (χ1) is 12.9. The molecule has 0 fully saturated rings. The van der Waals surface area contributed by atoms with Gasteiger partial charge in [0.05, 0.1) is 5.56 Å². The number of hydrogen-bond acceptors (Lipinski definition) is 6. The average molecular weight is 416 g/mol. The number of sulfone groups is 1. The third-order valence-corrected chi connectivity index (χ3v) is 4.93. The molecule has 1 heterocycles. The summed E-state index contributed by atoms with van der Waals surface area (Å²) in [6.45, 7) is 0. The molecule has 0 aliphatic rings. The minimum atomic E-state index is -5.85. The summed E-state index contributed by atoms with van der Waals surface area (Å²) < 4.78 is 61.5. The van der Waals surface area contributed by atoms with E-state index in [0.29, 0.717) is 5.69 Å². The van der Waals surface area contributed by atoms with E-state index in [4.69, 9.17) is 0 Å². The van der Waals surface area contributed by atoms with Crippen molar-refractivity contribution in [2.75, 3.05) is 19.0 Å².